The summed E-state index contributed by atoms with van der Waals surface area (Å²) >= 11 is 0. The number of morpholine rings is 1. The second-order valence-electron chi connectivity index (χ2n) is 3.55. The first kappa shape index (κ1) is 12.4. The lowest BCUT2D eigenvalue weighted by Crippen LogP contribution is -2.45. The maximum atomic E-state index is 10.9. The Kier molecular flexibility index (Phi) is 5.60. The summed E-state index contributed by atoms with van der Waals surface area (Å²) in [7, 11) is 0. The van der Waals surface area contributed by atoms with E-state index >= 15 is 0 Å². The second kappa shape index (κ2) is 6.76. The van der Waals surface area contributed by atoms with Crippen LogP contribution in [0.25, 0.3) is 0 Å². The summed E-state index contributed by atoms with van der Waals surface area (Å²) in [5, 5.41) is 3.23. The molecule has 1 heterocycles. The molecule has 0 radical (unpaired) electrons. The van der Waals surface area contributed by atoms with E-state index in [0.717, 1.165) is 13.1 Å². The lowest BCUT2D eigenvalue weighted by molar-refractivity contribution is -0.150. The van der Waals surface area contributed by atoms with Crippen molar-refractivity contribution in [2.75, 3.05) is 32.9 Å². The van der Waals surface area contributed by atoms with Crippen LogP contribution in [0.15, 0.2) is 0 Å². The molecule has 15 heavy (non-hydrogen) atoms. The topological polar surface area (TPSA) is 56.8 Å². The highest BCUT2D eigenvalue weighted by atomic mass is 16.6. The van der Waals surface area contributed by atoms with Crippen LogP contribution in [0.5, 0.6) is 0 Å². The van der Waals surface area contributed by atoms with Gasteiger partial charge in [-0.25, -0.2) is 4.79 Å². The van der Waals surface area contributed by atoms with Crippen molar-refractivity contribution in [1.29, 1.82) is 0 Å². The van der Waals surface area contributed by atoms with Crippen LogP contribution in [0, 0.1) is 0 Å². The molecule has 1 aliphatic heterocycles. The molecule has 1 rings (SSSR count). The Morgan fingerprint density at radius 3 is 3.00 bits per heavy atom. The zero-order chi connectivity index (χ0) is 11.1. The monoisotopic (exact) mass is 217 g/mol. The van der Waals surface area contributed by atoms with Crippen LogP contribution in [0.3, 0.4) is 0 Å². The van der Waals surface area contributed by atoms with Crippen LogP contribution in [0.1, 0.15) is 13.8 Å². The third kappa shape index (κ3) is 5.11. The molecule has 5 heteroatoms. The van der Waals surface area contributed by atoms with E-state index in [1.807, 2.05) is 6.92 Å². The maximum Gasteiger partial charge on any atom is 0.332 e. The summed E-state index contributed by atoms with van der Waals surface area (Å²) in [6.07, 6.45) is 0.234. The molecule has 1 aliphatic rings. The molecule has 0 aromatic heterocycles. The van der Waals surface area contributed by atoms with E-state index in [0.29, 0.717) is 13.2 Å². The normalized spacial score (nSPS) is 26.3. The fourth-order valence-corrected chi connectivity index (χ4v) is 1.45. The van der Waals surface area contributed by atoms with Crippen molar-refractivity contribution >= 4 is 5.97 Å². The Morgan fingerprint density at radius 2 is 2.33 bits per heavy atom. The van der Waals surface area contributed by atoms with Gasteiger partial charge in [-0.2, -0.15) is 0 Å². The molecule has 0 spiro atoms. The van der Waals surface area contributed by atoms with Gasteiger partial charge in [-0.1, -0.05) is 0 Å². The summed E-state index contributed by atoms with van der Waals surface area (Å²) in [6.45, 7) is 6.23. The van der Waals surface area contributed by atoms with Crippen molar-refractivity contribution < 1.29 is 19.0 Å². The van der Waals surface area contributed by atoms with Crippen molar-refractivity contribution in [2.45, 2.75) is 26.1 Å². The molecule has 0 saturated carbocycles. The van der Waals surface area contributed by atoms with E-state index in [2.05, 4.69) is 5.32 Å². The fourth-order valence-electron chi connectivity index (χ4n) is 1.45. The number of carbonyl (C=O) groups is 1. The van der Waals surface area contributed by atoms with Crippen molar-refractivity contribution in [3.8, 4) is 0 Å². The molecule has 1 fully saturated rings. The Balaban J connectivity index is 2.06. The van der Waals surface area contributed by atoms with E-state index in [1.165, 1.54) is 0 Å². The van der Waals surface area contributed by atoms with Gasteiger partial charge in [0.25, 0.3) is 0 Å². The van der Waals surface area contributed by atoms with Crippen molar-refractivity contribution in [3.05, 3.63) is 0 Å². The van der Waals surface area contributed by atoms with E-state index in [-0.39, 0.29) is 24.8 Å². The largest absolute Gasteiger partial charge is 0.464 e. The van der Waals surface area contributed by atoms with Gasteiger partial charge in [0.2, 0.25) is 0 Å². The van der Waals surface area contributed by atoms with Crippen LogP contribution in [0.2, 0.25) is 0 Å². The van der Waals surface area contributed by atoms with E-state index in [4.69, 9.17) is 14.2 Å². The highest BCUT2D eigenvalue weighted by Crippen LogP contribution is 2.03. The standard InChI is InChI=1S/C10H19NO4/c1-3-14-10(12)7-13-6-9-5-11-4-8(2)15-9/h8-9,11H,3-7H2,1-2H3. The predicted octanol–water partition coefficient (Wildman–Crippen LogP) is -0.0570. The van der Waals surface area contributed by atoms with Crippen LogP contribution in [0.4, 0.5) is 0 Å². The molecule has 0 bridgehead atoms. The van der Waals surface area contributed by atoms with Gasteiger partial charge in [-0.05, 0) is 13.8 Å². The van der Waals surface area contributed by atoms with E-state index in [9.17, 15) is 4.79 Å². The lowest BCUT2D eigenvalue weighted by Gasteiger charge is -2.28. The van der Waals surface area contributed by atoms with Crippen LogP contribution in [-0.4, -0.2) is 51.1 Å². The van der Waals surface area contributed by atoms with Gasteiger partial charge in [-0.3, -0.25) is 0 Å². The molecule has 0 aliphatic carbocycles. The smallest absolute Gasteiger partial charge is 0.332 e. The maximum absolute atomic E-state index is 10.9. The summed E-state index contributed by atoms with van der Waals surface area (Å²) in [6, 6.07) is 0. The first-order valence-corrected chi connectivity index (χ1v) is 5.32. The van der Waals surface area contributed by atoms with Gasteiger partial charge < -0.3 is 19.5 Å². The first-order valence-electron chi connectivity index (χ1n) is 5.32. The van der Waals surface area contributed by atoms with Gasteiger partial charge in [0.1, 0.15) is 6.61 Å². The summed E-state index contributed by atoms with van der Waals surface area (Å²) in [4.78, 5) is 10.9. The summed E-state index contributed by atoms with van der Waals surface area (Å²) in [5.41, 5.74) is 0. The zero-order valence-corrected chi connectivity index (χ0v) is 9.32. The quantitative estimate of drug-likeness (QED) is 0.654. The Bertz CT molecular complexity index is 198. The summed E-state index contributed by atoms with van der Waals surface area (Å²) < 4.78 is 15.5. The number of nitrogens with one attached hydrogen (secondary N) is 1. The summed E-state index contributed by atoms with van der Waals surface area (Å²) in [5.74, 6) is -0.325. The minimum Gasteiger partial charge on any atom is -0.464 e. The number of hydrogen-bond donors (Lipinski definition) is 1. The van der Waals surface area contributed by atoms with Crippen LogP contribution < -0.4 is 5.32 Å². The fraction of sp³-hybridized carbons (Fsp3) is 0.900. The van der Waals surface area contributed by atoms with Gasteiger partial charge in [0.05, 0.1) is 25.4 Å². The molecule has 88 valence electrons. The minimum atomic E-state index is -0.325. The zero-order valence-electron chi connectivity index (χ0n) is 9.32. The van der Waals surface area contributed by atoms with Gasteiger partial charge >= 0.3 is 5.97 Å². The lowest BCUT2D eigenvalue weighted by atomic mass is 10.2. The number of hydrogen-bond acceptors (Lipinski definition) is 5. The molecule has 1 N–H and O–H groups in total. The van der Waals surface area contributed by atoms with Crippen molar-refractivity contribution in [2.24, 2.45) is 0 Å². The third-order valence-electron chi connectivity index (χ3n) is 2.06. The molecule has 0 amide bonds. The molecule has 0 aromatic carbocycles. The molecule has 2 unspecified atom stereocenters. The molecule has 5 nitrogen and oxygen atoms in total. The molecular formula is C10H19NO4. The van der Waals surface area contributed by atoms with Crippen LogP contribution >= 0.6 is 0 Å². The second-order valence-corrected chi connectivity index (χ2v) is 3.55. The van der Waals surface area contributed by atoms with E-state index in [1.54, 1.807) is 6.92 Å². The molecular weight excluding hydrogens is 198 g/mol. The van der Waals surface area contributed by atoms with Gasteiger partial charge in [0.15, 0.2) is 0 Å². The minimum absolute atomic E-state index is 0.00206. The molecule has 1 saturated heterocycles. The SMILES string of the molecule is CCOC(=O)COCC1CNCC(C)O1. The Hall–Kier alpha value is -0.650. The first-order chi connectivity index (χ1) is 7.22. The average Bonchev–Trinajstić information content (AvgIpc) is 2.18. The average molecular weight is 217 g/mol. The molecule has 0 aromatic rings. The van der Waals surface area contributed by atoms with Gasteiger partial charge in [-0.15, -0.1) is 0 Å². The Morgan fingerprint density at radius 1 is 1.53 bits per heavy atom. The van der Waals surface area contributed by atoms with Crippen molar-refractivity contribution in [1.82, 2.24) is 5.32 Å². The highest BCUT2D eigenvalue weighted by molar-refractivity contribution is 5.70. The highest BCUT2D eigenvalue weighted by Gasteiger charge is 2.18. The van der Waals surface area contributed by atoms with Gasteiger partial charge in [0, 0.05) is 13.1 Å². The third-order valence-corrected chi connectivity index (χ3v) is 2.06. The number of esters is 1. The van der Waals surface area contributed by atoms with Crippen LogP contribution in [-0.2, 0) is 19.0 Å². The number of ether oxygens (including phenoxy) is 3. The Labute approximate surface area is 90.1 Å². The molecule has 2 atom stereocenters. The van der Waals surface area contributed by atoms with Crippen molar-refractivity contribution in [3.63, 3.8) is 0 Å². The predicted molar refractivity (Wildman–Crippen MR) is 54.7 cm³/mol. The van der Waals surface area contributed by atoms with E-state index < -0.39 is 0 Å². The number of rotatable bonds is 5. The number of carbonyl (C=O) groups excluding carboxylic acids is 1.